The normalized spacial score (nSPS) is 10.5. The Labute approximate surface area is 140 Å². The summed E-state index contributed by atoms with van der Waals surface area (Å²) >= 11 is 12.1. The molecular weight excluding hydrogens is 317 g/mol. The molecule has 0 fully saturated rings. The first-order valence-electron chi connectivity index (χ1n) is 7.06. The van der Waals surface area contributed by atoms with Gasteiger partial charge in [0.2, 0.25) is 0 Å². The van der Waals surface area contributed by atoms with Crippen LogP contribution < -0.4 is 11.1 Å². The maximum Gasteiger partial charge on any atom is 0.0453 e. The molecule has 2 aromatic carbocycles. The van der Waals surface area contributed by atoms with Gasteiger partial charge in [0.15, 0.2) is 0 Å². The zero-order chi connectivity index (χ0) is 16.1. The van der Waals surface area contributed by atoms with Crippen molar-refractivity contribution in [1.82, 2.24) is 0 Å². The maximum absolute atomic E-state index is 7.66. The van der Waals surface area contributed by atoms with Gasteiger partial charge in [-0.25, -0.2) is 0 Å². The van der Waals surface area contributed by atoms with Crippen LogP contribution in [0.15, 0.2) is 36.4 Å². The van der Waals surface area contributed by atoms with Gasteiger partial charge in [-0.1, -0.05) is 29.3 Å². The van der Waals surface area contributed by atoms with E-state index >= 15 is 0 Å². The minimum atomic E-state index is 0.592. The molecule has 0 saturated carbocycles. The Hall–Kier alpha value is -1.71. The second kappa shape index (κ2) is 7.52. The van der Waals surface area contributed by atoms with E-state index in [9.17, 15) is 0 Å². The van der Waals surface area contributed by atoms with Gasteiger partial charge in [-0.05, 0) is 54.8 Å². The molecule has 0 heterocycles. The van der Waals surface area contributed by atoms with Crippen LogP contribution in [-0.4, -0.2) is 12.3 Å². The van der Waals surface area contributed by atoms with E-state index in [-0.39, 0.29) is 0 Å². The minimum absolute atomic E-state index is 0.592. The lowest BCUT2D eigenvalue weighted by Gasteiger charge is -2.13. The fourth-order valence-corrected chi connectivity index (χ4v) is 2.78. The molecule has 0 radical (unpaired) electrons. The second-order valence-corrected chi connectivity index (χ2v) is 6.13. The number of hydrogen-bond acceptors (Lipinski definition) is 3. The topological polar surface area (TPSA) is 61.9 Å². The summed E-state index contributed by atoms with van der Waals surface area (Å²) in [5.74, 6) is 0. The van der Waals surface area contributed by atoms with E-state index in [1.165, 1.54) is 0 Å². The molecule has 3 nitrogen and oxygen atoms in total. The number of nitrogens with two attached hydrogens (primary N) is 1. The molecule has 116 valence electrons. The van der Waals surface area contributed by atoms with Crippen LogP contribution in [-0.2, 0) is 12.8 Å². The molecule has 4 N–H and O–H groups in total. The van der Waals surface area contributed by atoms with Gasteiger partial charge in [-0.3, -0.25) is 0 Å². The molecule has 0 amide bonds. The van der Waals surface area contributed by atoms with Crippen LogP contribution in [0.1, 0.15) is 18.1 Å². The van der Waals surface area contributed by atoms with Crippen LogP contribution in [0.25, 0.3) is 0 Å². The van der Waals surface area contributed by atoms with E-state index in [1.807, 2.05) is 30.3 Å². The summed E-state index contributed by atoms with van der Waals surface area (Å²) in [6.45, 7) is 2.54. The molecule has 0 aliphatic carbocycles. The fraction of sp³-hybridized carbons (Fsp3) is 0.235. The van der Waals surface area contributed by atoms with Crippen molar-refractivity contribution in [2.24, 2.45) is 0 Å². The minimum Gasteiger partial charge on any atom is -0.399 e. The predicted molar refractivity (Wildman–Crippen MR) is 96.6 cm³/mol. The van der Waals surface area contributed by atoms with Gasteiger partial charge in [0.25, 0.3) is 0 Å². The molecule has 0 atom stereocenters. The van der Waals surface area contributed by atoms with Crippen LogP contribution in [0.3, 0.4) is 0 Å². The van der Waals surface area contributed by atoms with Gasteiger partial charge >= 0.3 is 0 Å². The van der Waals surface area contributed by atoms with Gasteiger partial charge in [0.1, 0.15) is 0 Å². The van der Waals surface area contributed by atoms with Crippen LogP contribution in [0.4, 0.5) is 11.4 Å². The molecule has 0 spiro atoms. The van der Waals surface area contributed by atoms with E-state index in [0.29, 0.717) is 27.9 Å². The van der Waals surface area contributed by atoms with Gasteiger partial charge in [0.05, 0.1) is 0 Å². The van der Waals surface area contributed by atoms with Crippen molar-refractivity contribution < 1.29 is 0 Å². The van der Waals surface area contributed by atoms with Crippen molar-refractivity contribution in [3.8, 4) is 0 Å². The van der Waals surface area contributed by atoms with Crippen LogP contribution in [0.5, 0.6) is 0 Å². The maximum atomic E-state index is 7.66. The zero-order valence-corrected chi connectivity index (χ0v) is 13.9. The molecule has 22 heavy (non-hydrogen) atoms. The quantitative estimate of drug-likeness (QED) is 0.523. The van der Waals surface area contributed by atoms with Crippen molar-refractivity contribution >= 4 is 40.3 Å². The number of rotatable bonds is 6. The van der Waals surface area contributed by atoms with Gasteiger partial charge in [-0.2, -0.15) is 0 Å². The fourth-order valence-electron chi connectivity index (χ4n) is 2.27. The number of nitrogens with one attached hydrogen (secondary N) is 2. The third kappa shape index (κ3) is 4.65. The largest absolute Gasteiger partial charge is 0.399 e. The van der Waals surface area contributed by atoms with Crippen LogP contribution >= 0.6 is 23.2 Å². The first kappa shape index (κ1) is 16.7. The Balaban J connectivity index is 2.03. The van der Waals surface area contributed by atoms with Gasteiger partial charge < -0.3 is 16.5 Å². The van der Waals surface area contributed by atoms with E-state index < -0.39 is 0 Å². The molecule has 2 aromatic rings. The van der Waals surface area contributed by atoms with E-state index in [4.69, 9.17) is 34.3 Å². The number of nitrogen functional groups attached to an aromatic ring is 1. The lowest BCUT2D eigenvalue weighted by Crippen LogP contribution is -2.09. The SMILES string of the molecule is CC(=N)Cc1cc(N)ccc1NCCc1ccc(Cl)cc1Cl. The first-order chi connectivity index (χ1) is 10.5. The molecule has 0 aromatic heterocycles. The van der Waals surface area contributed by atoms with Gasteiger partial charge in [-0.15, -0.1) is 0 Å². The molecule has 0 aliphatic rings. The Kier molecular flexibility index (Phi) is 5.69. The first-order valence-corrected chi connectivity index (χ1v) is 7.81. The predicted octanol–water partition coefficient (Wildman–Crippen LogP) is 4.81. The lowest BCUT2D eigenvalue weighted by molar-refractivity contribution is 1.01. The average Bonchev–Trinajstić information content (AvgIpc) is 2.43. The van der Waals surface area contributed by atoms with E-state index in [0.717, 1.165) is 29.8 Å². The standard InChI is InChI=1S/C17H19Cl2N3/c1-11(20)8-13-9-15(21)4-5-17(13)22-7-6-12-2-3-14(18)10-16(12)19/h2-5,9-10,20,22H,6-8,21H2,1H3. The Bertz CT molecular complexity index is 684. The molecule has 2 rings (SSSR count). The van der Waals surface area contributed by atoms with Crippen LogP contribution in [0.2, 0.25) is 10.0 Å². The molecule has 0 saturated heterocycles. The molecule has 0 bridgehead atoms. The van der Waals surface area contributed by atoms with Crippen molar-refractivity contribution in [3.05, 3.63) is 57.6 Å². The summed E-state index contributed by atoms with van der Waals surface area (Å²) in [6, 6.07) is 11.3. The number of benzene rings is 2. The lowest BCUT2D eigenvalue weighted by atomic mass is 10.1. The van der Waals surface area contributed by atoms with Crippen molar-refractivity contribution in [2.75, 3.05) is 17.6 Å². The van der Waals surface area contributed by atoms with Gasteiger partial charge in [0, 0.05) is 40.1 Å². The average molecular weight is 336 g/mol. The summed E-state index contributed by atoms with van der Waals surface area (Å²) < 4.78 is 0. The number of anilines is 2. The summed E-state index contributed by atoms with van der Waals surface area (Å²) in [4.78, 5) is 0. The number of halogens is 2. The highest BCUT2D eigenvalue weighted by atomic mass is 35.5. The highest BCUT2D eigenvalue weighted by molar-refractivity contribution is 6.35. The van der Waals surface area contributed by atoms with E-state index in [2.05, 4.69) is 5.32 Å². The summed E-state index contributed by atoms with van der Waals surface area (Å²) in [5, 5.41) is 12.4. The molecule has 0 aliphatic heterocycles. The Morgan fingerprint density at radius 1 is 1.14 bits per heavy atom. The summed E-state index contributed by atoms with van der Waals surface area (Å²) in [7, 11) is 0. The zero-order valence-electron chi connectivity index (χ0n) is 12.4. The Morgan fingerprint density at radius 2 is 1.91 bits per heavy atom. The Morgan fingerprint density at radius 3 is 2.59 bits per heavy atom. The monoisotopic (exact) mass is 335 g/mol. The third-order valence-corrected chi connectivity index (χ3v) is 3.90. The van der Waals surface area contributed by atoms with Crippen molar-refractivity contribution in [3.63, 3.8) is 0 Å². The summed E-state index contributed by atoms with van der Waals surface area (Å²) in [5.41, 5.74) is 10.2. The van der Waals surface area contributed by atoms with Crippen molar-refractivity contribution in [1.29, 1.82) is 5.41 Å². The third-order valence-electron chi connectivity index (χ3n) is 3.31. The molecular formula is C17H19Cl2N3. The highest BCUT2D eigenvalue weighted by Crippen LogP contribution is 2.23. The number of hydrogen-bond donors (Lipinski definition) is 3. The van der Waals surface area contributed by atoms with E-state index in [1.54, 1.807) is 13.0 Å². The smallest absolute Gasteiger partial charge is 0.0453 e. The highest BCUT2D eigenvalue weighted by Gasteiger charge is 2.05. The molecule has 0 unspecified atom stereocenters. The second-order valence-electron chi connectivity index (χ2n) is 5.29. The summed E-state index contributed by atoms with van der Waals surface area (Å²) in [6.07, 6.45) is 1.39. The molecule has 5 heteroatoms. The van der Waals surface area contributed by atoms with Crippen LogP contribution in [0, 0.1) is 5.41 Å². The van der Waals surface area contributed by atoms with Crippen molar-refractivity contribution in [2.45, 2.75) is 19.8 Å².